The summed E-state index contributed by atoms with van der Waals surface area (Å²) in [6.07, 6.45) is -0.635. The van der Waals surface area contributed by atoms with Crippen LogP contribution in [0.4, 0.5) is 0 Å². The quantitative estimate of drug-likeness (QED) is 0.862. The van der Waals surface area contributed by atoms with E-state index in [4.69, 9.17) is 11.6 Å². The molecule has 0 aliphatic heterocycles. The van der Waals surface area contributed by atoms with Crippen LogP contribution in [-0.2, 0) is 0 Å². The van der Waals surface area contributed by atoms with E-state index in [2.05, 4.69) is 4.98 Å². The van der Waals surface area contributed by atoms with E-state index in [-0.39, 0.29) is 0 Å². The van der Waals surface area contributed by atoms with Crippen LogP contribution in [0.15, 0.2) is 23.0 Å². The van der Waals surface area contributed by atoms with Gasteiger partial charge in [0.15, 0.2) is 0 Å². The highest BCUT2D eigenvalue weighted by Gasteiger charge is 2.13. The van der Waals surface area contributed by atoms with Gasteiger partial charge in [-0.15, -0.1) is 22.7 Å². The van der Waals surface area contributed by atoms with E-state index in [1.54, 1.807) is 11.6 Å². The second kappa shape index (κ2) is 3.75. The summed E-state index contributed by atoms with van der Waals surface area (Å²) in [4.78, 5) is 4.86. The fraction of sp³-hybridized carbons (Fsp3) is 0.125. The van der Waals surface area contributed by atoms with Crippen LogP contribution in [0.5, 0.6) is 0 Å². The Morgan fingerprint density at radius 1 is 1.46 bits per heavy atom. The molecule has 2 heterocycles. The van der Waals surface area contributed by atoms with Crippen LogP contribution in [0.25, 0.3) is 0 Å². The van der Waals surface area contributed by atoms with E-state index >= 15 is 0 Å². The molecule has 1 unspecified atom stereocenters. The Kier molecular flexibility index (Phi) is 2.64. The van der Waals surface area contributed by atoms with Crippen molar-refractivity contribution in [3.63, 3.8) is 0 Å². The van der Waals surface area contributed by atoms with Gasteiger partial charge in [0.25, 0.3) is 0 Å². The molecule has 2 rings (SSSR count). The maximum Gasteiger partial charge on any atom is 0.131 e. The zero-order valence-electron chi connectivity index (χ0n) is 6.48. The maximum atomic E-state index is 9.79. The van der Waals surface area contributed by atoms with Gasteiger partial charge >= 0.3 is 0 Å². The smallest absolute Gasteiger partial charge is 0.131 e. The lowest BCUT2D eigenvalue weighted by atomic mass is 10.2. The Morgan fingerprint density at radius 2 is 2.31 bits per heavy atom. The van der Waals surface area contributed by atoms with Gasteiger partial charge in [-0.2, -0.15) is 0 Å². The van der Waals surface area contributed by atoms with Crippen LogP contribution in [-0.4, -0.2) is 10.1 Å². The molecule has 0 saturated carbocycles. The summed E-state index contributed by atoms with van der Waals surface area (Å²) in [6, 6.07) is 3.59. The molecule has 0 spiro atoms. The largest absolute Gasteiger partial charge is 0.381 e. The number of hydrogen-bond acceptors (Lipinski definition) is 4. The van der Waals surface area contributed by atoms with Crippen LogP contribution >= 0.6 is 34.3 Å². The molecule has 13 heavy (non-hydrogen) atoms. The number of nitrogens with zero attached hydrogens (tertiary/aromatic N) is 1. The first-order valence-corrected chi connectivity index (χ1v) is 5.72. The number of aliphatic hydroxyl groups excluding tert-OH is 1. The molecule has 0 saturated heterocycles. The second-order valence-electron chi connectivity index (χ2n) is 2.46. The SMILES string of the molecule is OC(c1cscn1)c1ccc(Cl)s1. The molecule has 68 valence electrons. The van der Waals surface area contributed by atoms with Crippen molar-refractivity contribution in [2.45, 2.75) is 6.10 Å². The predicted octanol–water partition coefficient (Wildman–Crippen LogP) is 2.94. The summed E-state index contributed by atoms with van der Waals surface area (Å²) in [5.41, 5.74) is 2.39. The molecule has 0 radical (unpaired) electrons. The number of halogens is 1. The highest BCUT2D eigenvalue weighted by molar-refractivity contribution is 7.16. The summed E-state index contributed by atoms with van der Waals surface area (Å²) in [6.45, 7) is 0. The van der Waals surface area contributed by atoms with Crippen molar-refractivity contribution in [3.05, 3.63) is 37.9 Å². The third kappa shape index (κ3) is 1.91. The first kappa shape index (κ1) is 9.15. The van der Waals surface area contributed by atoms with Gasteiger partial charge in [0.2, 0.25) is 0 Å². The van der Waals surface area contributed by atoms with E-state index in [9.17, 15) is 5.11 Å². The lowest BCUT2D eigenvalue weighted by molar-refractivity contribution is 0.220. The van der Waals surface area contributed by atoms with Gasteiger partial charge in [-0.25, -0.2) is 4.98 Å². The highest BCUT2D eigenvalue weighted by atomic mass is 35.5. The summed E-state index contributed by atoms with van der Waals surface area (Å²) in [7, 11) is 0. The third-order valence-corrected chi connectivity index (χ3v) is 3.48. The number of thiazole rings is 1. The molecule has 0 amide bonds. The van der Waals surface area contributed by atoms with Gasteiger partial charge in [-0.1, -0.05) is 11.6 Å². The molecule has 5 heteroatoms. The first-order valence-electron chi connectivity index (χ1n) is 3.59. The number of aliphatic hydroxyl groups is 1. The van der Waals surface area contributed by atoms with Crippen molar-refractivity contribution in [1.29, 1.82) is 0 Å². The van der Waals surface area contributed by atoms with Crippen molar-refractivity contribution in [2.75, 3.05) is 0 Å². The van der Waals surface area contributed by atoms with Crippen molar-refractivity contribution in [2.24, 2.45) is 0 Å². The number of aromatic nitrogens is 1. The van der Waals surface area contributed by atoms with Crippen LogP contribution in [0.2, 0.25) is 4.34 Å². The van der Waals surface area contributed by atoms with Gasteiger partial charge in [0.05, 0.1) is 15.5 Å². The summed E-state index contributed by atoms with van der Waals surface area (Å²) < 4.78 is 0.685. The zero-order chi connectivity index (χ0) is 9.26. The van der Waals surface area contributed by atoms with Crippen molar-refractivity contribution in [1.82, 2.24) is 4.98 Å². The molecule has 1 N–H and O–H groups in total. The molecule has 2 aromatic heterocycles. The number of thiophene rings is 1. The average Bonchev–Trinajstić information content (AvgIpc) is 2.72. The average molecular weight is 232 g/mol. The molecule has 0 fully saturated rings. The Bertz CT molecular complexity index is 385. The highest BCUT2D eigenvalue weighted by Crippen LogP contribution is 2.30. The summed E-state index contributed by atoms with van der Waals surface area (Å²) in [5.74, 6) is 0. The van der Waals surface area contributed by atoms with Gasteiger partial charge < -0.3 is 5.11 Å². The molecule has 0 aliphatic carbocycles. The number of hydrogen-bond donors (Lipinski definition) is 1. The minimum absolute atomic E-state index is 0.635. The summed E-state index contributed by atoms with van der Waals surface area (Å²) in [5, 5.41) is 11.6. The molecule has 0 bridgehead atoms. The molecular formula is C8H6ClNOS2. The number of rotatable bonds is 2. The van der Waals surface area contributed by atoms with E-state index < -0.39 is 6.10 Å². The molecule has 2 nitrogen and oxygen atoms in total. The molecule has 1 atom stereocenters. The monoisotopic (exact) mass is 231 g/mol. The third-order valence-electron chi connectivity index (χ3n) is 1.60. The molecule has 2 aromatic rings. The van der Waals surface area contributed by atoms with Crippen LogP contribution < -0.4 is 0 Å². The Balaban J connectivity index is 2.28. The predicted molar refractivity (Wildman–Crippen MR) is 55.5 cm³/mol. The second-order valence-corrected chi connectivity index (χ2v) is 4.92. The fourth-order valence-corrected chi connectivity index (χ4v) is 2.61. The molecular weight excluding hydrogens is 226 g/mol. The Hall–Kier alpha value is -0.420. The van der Waals surface area contributed by atoms with Crippen LogP contribution in [0.3, 0.4) is 0 Å². The zero-order valence-corrected chi connectivity index (χ0v) is 8.86. The van der Waals surface area contributed by atoms with E-state index in [0.29, 0.717) is 10.0 Å². The van der Waals surface area contributed by atoms with Gasteiger partial charge in [0, 0.05) is 10.3 Å². The van der Waals surface area contributed by atoms with Crippen LogP contribution in [0, 0.1) is 0 Å². The van der Waals surface area contributed by atoms with Gasteiger partial charge in [-0.3, -0.25) is 0 Å². The maximum absolute atomic E-state index is 9.79. The van der Waals surface area contributed by atoms with Crippen molar-refractivity contribution in [3.8, 4) is 0 Å². The van der Waals surface area contributed by atoms with Crippen LogP contribution in [0.1, 0.15) is 16.7 Å². The lowest BCUT2D eigenvalue weighted by Crippen LogP contribution is -1.96. The van der Waals surface area contributed by atoms with Gasteiger partial charge in [0.1, 0.15) is 6.10 Å². The lowest BCUT2D eigenvalue weighted by Gasteiger charge is -2.03. The van der Waals surface area contributed by atoms with E-state index in [0.717, 1.165) is 4.88 Å². The standard InChI is InChI=1S/C8H6ClNOS2/c9-7-2-1-6(13-7)8(11)5-3-12-4-10-5/h1-4,8,11H. The fourth-order valence-electron chi connectivity index (χ4n) is 0.978. The van der Waals surface area contributed by atoms with Crippen molar-refractivity contribution >= 4 is 34.3 Å². The van der Waals surface area contributed by atoms with Gasteiger partial charge in [-0.05, 0) is 12.1 Å². The molecule has 0 aromatic carbocycles. The minimum Gasteiger partial charge on any atom is -0.381 e. The normalized spacial score (nSPS) is 13.1. The Labute approximate surface area is 88.5 Å². The molecule has 0 aliphatic rings. The van der Waals surface area contributed by atoms with E-state index in [1.807, 2.05) is 11.4 Å². The Morgan fingerprint density at radius 3 is 2.85 bits per heavy atom. The minimum atomic E-state index is -0.635. The summed E-state index contributed by atoms with van der Waals surface area (Å²) >= 11 is 8.60. The topological polar surface area (TPSA) is 33.1 Å². The van der Waals surface area contributed by atoms with Crippen molar-refractivity contribution < 1.29 is 5.11 Å². The first-order chi connectivity index (χ1) is 6.27. The van der Waals surface area contributed by atoms with E-state index in [1.165, 1.54) is 22.7 Å².